The van der Waals surface area contributed by atoms with Crippen LogP contribution in [0.1, 0.15) is 18.4 Å². The van der Waals surface area contributed by atoms with Gasteiger partial charge in [0.05, 0.1) is 7.11 Å². The van der Waals surface area contributed by atoms with Crippen LogP contribution in [0.4, 0.5) is 11.4 Å². The summed E-state index contributed by atoms with van der Waals surface area (Å²) < 4.78 is 11.1. The van der Waals surface area contributed by atoms with Gasteiger partial charge >= 0.3 is 5.97 Å². The number of ether oxygens (including phenoxy) is 2. The molecule has 2 aromatic carbocycles. The van der Waals surface area contributed by atoms with Crippen molar-refractivity contribution in [2.24, 2.45) is 0 Å². The molecular formula is C22H23BrN2O4. The lowest BCUT2D eigenvalue weighted by molar-refractivity contribution is -0.142. The number of hydrogen-bond acceptors (Lipinski definition) is 5. The summed E-state index contributed by atoms with van der Waals surface area (Å²) in [6.45, 7) is 1.79. The SMILES string of the molecule is COc1ccc(Br)cc1/C=C/C(=O)OCC(=O)Nc1ccc(N2CCCC2)cc1. The molecule has 1 heterocycles. The van der Waals surface area contributed by atoms with Crippen molar-refractivity contribution < 1.29 is 19.1 Å². The maximum atomic E-state index is 12.0. The van der Waals surface area contributed by atoms with E-state index >= 15 is 0 Å². The van der Waals surface area contributed by atoms with Crippen LogP contribution in [0.15, 0.2) is 53.0 Å². The molecule has 3 rings (SSSR count). The highest BCUT2D eigenvalue weighted by Gasteiger charge is 2.12. The monoisotopic (exact) mass is 458 g/mol. The van der Waals surface area contributed by atoms with Crippen molar-refractivity contribution in [1.29, 1.82) is 0 Å². The van der Waals surface area contributed by atoms with Gasteiger partial charge in [0.1, 0.15) is 5.75 Å². The quantitative estimate of drug-likeness (QED) is 0.495. The topological polar surface area (TPSA) is 67.9 Å². The summed E-state index contributed by atoms with van der Waals surface area (Å²) >= 11 is 3.38. The Labute approximate surface area is 178 Å². The first-order valence-corrected chi connectivity index (χ1v) is 10.2. The van der Waals surface area contributed by atoms with Crippen LogP contribution >= 0.6 is 15.9 Å². The van der Waals surface area contributed by atoms with Gasteiger partial charge in [0.25, 0.3) is 5.91 Å². The number of anilines is 2. The second-order valence-electron chi connectivity index (χ2n) is 6.62. The number of amides is 1. The van der Waals surface area contributed by atoms with E-state index in [0.717, 1.165) is 28.8 Å². The Morgan fingerprint density at radius 2 is 1.86 bits per heavy atom. The normalized spacial score (nSPS) is 13.5. The smallest absolute Gasteiger partial charge is 0.331 e. The highest BCUT2D eigenvalue weighted by molar-refractivity contribution is 9.10. The molecule has 0 unspecified atom stereocenters. The van der Waals surface area contributed by atoms with Crippen LogP contribution in [0, 0.1) is 0 Å². The Bertz CT molecular complexity index is 890. The minimum atomic E-state index is -0.605. The second-order valence-corrected chi connectivity index (χ2v) is 7.53. The average Bonchev–Trinajstić information content (AvgIpc) is 3.26. The summed E-state index contributed by atoms with van der Waals surface area (Å²) in [7, 11) is 1.56. The predicted molar refractivity (Wildman–Crippen MR) is 117 cm³/mol. The van der Waals surface area contributed by atoms with Crippen LogP contribution in [0.2, 0.25) is 0 Å². The first kappa shape index (κ1) is 20.9. The number of benzene rings is 2. The number of rotatable bonds is 7. The molecule has 1 saturated heterocycles. The van der Waals surface area contributed by atoms with E-state index in [9.17, 15) is 9.59 Å². The average molecular weight is 459 g/mol. The van der Waals surface area contributed by atoms with E-state index in [-0.39, 0.29) is 12.5 Å². The fourth-order valence-corrected chi connectivity index (χ4v) is 3.48. The van der Waals surface area contributed by atoms with Crippen LogP contribution in [-0.4, -0.2) is 38.7 Å². The molecule has 7 heteroatoms. The maximum absolute atomic E-state index is 12.0. The molecule has 29 heavy (non-hydrogen) atoms. The Morgan fingerprint density at radius 3 is 2.55 bits per heavy atom. The fraction of sp³-hybridized carbons (Fsp3) is 0.273. The van der Waals surface area contributed by atoms with Crippen molar-refractivity contribution in [1.82, 2.24) is 0 Å². The molecule has 2 aromatic rings. The largest absolute Gasteiger partial charge is 0.496 e. The van der Waals surface area contributed by atoms with E-state index in [1.807, 2.05) is 36.4 Å². The minimum Gasteiger partial charge on any atom is -0.496 e. The third-order valence-corrected chi connectivity index (χ3v) is 5.05. The number of methoxy groups -OCH3 is 1. The fourth-order valence-electron chi connectivity index (χ4n) is 3.11. The summed E-state index contributed by atoms with van der Waals surface area (Å²) in [5.74, 6) is -0.361. The lowest BCUT2D eigenvalue weighted by atomic mass is 10.2. The van der Waals surface area contributed by atoms with Crippen molar-refractivity contribution >= 4 is 45.3 Å². The van der Waals surface area contributed by atoms with Crippen molar-refractivity contribution in [2.45, 2.75) is 12.8 Å². The summed E-state index contributed by atoms with van der Waals surface area (Å²) in [5.41, 5.74) is 2.55. The Morgan fingerprint density at radius 1 is 1.14 bits per heavy atom. The zero-order chi connectivity index (χ0) is 20.6. The molecule has 1 aliphatic heterocycles. The molecule has 0 atom stereocenters. The van der Waals surface area contributed by atoms with E-state index in [1.54, 1.807) is 19.3 Å². The maximum Gasteiger partial charge on any atom is 0.331 e. The van der Waals surface area contributed by atoms with Crippen LogP contribution in [0.25, 0.3) is 6.08 Å². The number of nitrogens with zero attached hydrogens (tertiary/aromatic N) is 1. The second kappa shape index (κ2) is 10.1. The lowest BCUT2D eigenvalue weighted by Gasteiger charge is -2.17. The summed E-state index contributed by atoms with van der Waals surface area (Å²) in [6.07, 6.45) is 5.28. The number of carbonyl (C=O) groups excluding carboxylic acids is 2. The Kier molecular flexibility index (Phi) is 7.30. The summed E-state index contributed by atoms with van der Waals surface area (Å²) in [6, 6.07) is 13.1. The van der Waals surface area contributed by atoms with Gasteiger partial charge in [-0.25, -0.2) is 4.79 Å². The molecule has 0 spiro atoms. The van der Waals surface area contributed by atoms with Crippen molar-refractivity contribution in [3.05, 3.63) is 58.6 Å². The molecule has 0 aliphatic carbocycles. The summed E-state index contributed by atoms with van der Waals surface area (Å²) in [5, 5.41) is 2.73. The molecule has 1 fully saturated rings. The molecule has 6 nitrogen and oxygen atoms in total. The molecular weight excluding hydrogens is 436 g/mol. The molecule has 0 saturated carbocycles. The van der Waals surface area contributed by atoms with Crippen molar-refractivity contribution in [3.8, 4) is 5.75 Å². The molecule has 0 radical (unpaired) electrons. The van der Waals surface area contributed by atoms with Gasteiger partial charge in [0, 0.05) is 40.6 Å². The zero-order valence-corrected chi connectivity index (χ0v) is 17.8. The minimum absolute atomic E-state index is 0.354. The number of nitrogens with one attached hydrogen (secondary N) is 1. The Balaban J connectivity index is 1.47. The van der Waals surface area contributed by atoms with Gasteiger partial charge in [-0.2, -0.15) is 0 Å². The molecule has 1 N–H and O–H groups in total. The molecule has 0 aromatic heterocycles. The van der Waals surface area contributed by atoms with Crippen LogP contribution < -0.4 is 15.0 Å². The van der Waals surface area contributed by atoms with Crippen LogP contribution in [0.3, 0.4) is 0 Å². The first-order chi connectivity index (χ1) is 14.0. The van der Waals surface area contributed by atoms with Crippen molar-refractivity contribution in [3.63, 3.8) is 0 Å². The Hall–Kier alpha value is -2.80. The highest BCUT2D eigenvalue weighted by atomic mass is 79.9. The third kappa shape index (κ3) is 6.09. The van der Waals surface area contributed by atoms with E-state index in [4.69, 9.17) is 9.47 Å². The van der Waals surface area contributed by atoms with Gasteiger partial charge in [-0.15, -0.1) is 0 Å². The van der Waals surface area contributed by atoms with Gasteiger partial charge in [-0.05, 0) is 61.4 Å². The van der Waals surface area contributed by atoms with E-state index in [0.29, 0.717) is 11.4 Å². The highest BCUT2D eigenvalue weighted by Crippen LogP contribution is 2.24. The van der Waals surface area contributed by atoms with Gasteiger partial charge < -0.3 is 19.7 Å². The van der Waals surface area contributed by atoms with Gasteiger partial charge in [-0.1, -0.05) is 15.9 Å². The summed E-state index contributed by atoms with van der Waals surface area (Å²) in [4.78, 5) is 26.3. The standard InChI is InChI=1S/C22H23BrN2O4/c1-28-20-10-5-17(23)14-16(20)4-11-22(27)29-15-21(26)24-18-6-8-19(9-7-18)25-12-2-3-13-25/h4-11,14H,2-3,12-13,15H2,1H3,(H,24,26)/b11-4+. The zero-order valence-electron chi connectivity index (χ0n) is 16.2. The van der Waals surface area contributed by atoms with Gasteiger partial charge in [-0.3, -0.25) is 4.79 Å². The van der Waals surface area contributed by atoms with E-state index < -0.39 is 5.97 Å². The lowest BCUT2D eigenvalue weighted by Crippen LogP contribution is -2.20. The number of hydrogen-bond donors (Lipinski definition) is 1. The molecule has 0 bridgehead atoms. The van der Waals surface area contributed by atoms with Crippen molar-refractivity contribution in [2.75, 3.05) is 37.0 Å². The van der Waals surface area contributed by atoms with E-state index in [1.165, 1.54) is 18.9 Å². The molecule has 1 aliphatic rings. The van der Waals surface area contributed by atoms with Crippen LogP contribution in [-0.2, 0) is 14.3 Å². The first-order valence-electron chi connectivity index (χ1n) is 9.38. The third-order valence-electron chi connectivity index (χ3n) is 4.56. The predicted octanol–water partition coefficient (Wildman–Crippen LogP) is 4.25. The number of halogens is 1. The molecule has 1 amide bonds. The number of esters is 1. The van der Waals surface area contributed by atoms with Gasteiger partial charge in [0.15, 0.2) is 6.61 Å². The number of carbonyl (C=O) groups is 2. The van der Waals surface area contributed by atoms with Gasteiger partial charge in [0.2, 0.25) is 0 Å². The van der Waals surface area contributed by atoms with E-state index in [2.05, 4.69) is 26.1 Å². The molecule has 152 valence electrons. The van der Waals surface area contributed by atoms with Crippen LogP contribution in [0.5, 0.6) is 5.75 Å².